The van der Waals surface area contributed by atoms with Gasteiger partial charge in [0.25, 0.3) is 0 Å². The first-order chi connectivity index (χ1) is 9.63. The number of nitrogens with two attached hydrogens (primary N) is 1. The van der Waals surface area contributed by atoms with Crippen LogP contribution in [0.4, 0.5) is 5.69 Å². The van der Waals surface area contributed by atoms with E-state index in [-0.39, 0.29) is 0 Å². The van der Waals surface area contributed by atoms with Gasteiger partial charge in [0.05, 0.1) is 18.9 Å². The number of hydrogen-bond donors (Lipinski definition) is 2. The topological polar surface area (TPSA) is 62.0 Å². The molecule has 20 heavy (non-hydrogen) atoms. The van der Waals surface area contributed by atoms with E-state index in [1.165, 1.54) is 0 Å². The van der Waals surface area contributed by atoms with Gasteiger partial charge in [0.1, 0.15) is 5.75 Å². The third kappa shape index (κ3) is 3.76. The predicted molar refractivity (Wildman–Crippen MR) is 81.7 cm³/mol. The smallest absolute Gasteiger partial charge is 0.142 e. The van der Waals surface area contributed by atoms with Gasteiger partial charge in [-0.3, -0.25) is 4.90 Å². The highest BCUT2D eigenvalue weighted by Crippen LogP contribution is 2.31. The number of aliphatic hydroxyl groups excluding tert-OH is 1. The molecule has 1 aliphatic rings. The molecule has 1 saturated heterocycles. The summed E-state index contributed by atoms with van der Waals surface area (Å²) in [5, 5.41) is 10.3. The summed E-state index contributed by atoms with van der Waals surface area (Å²) in [6, 6.07) is 5.66. The first kappa shape index (κ1) is 15.4. The van der Waals surface area contributed by atoms with Crippen LogP contribution in [0.3, 0.4) is 0 Å². The Kier molecular flexibility index (Phi) is 5.48. The lowest BCUT2D eigenvalue weighted by Crippen LogP contribution is -2.49. The highest BCUT2D eigenvalue weighted by atomic mass is 35.5. The van der Waals surface area contributed by atoms with Gasteiger partial charge in [-0.25, -0.2) is 0 Å². The van der Waals surface area contributed by atoms with Gasteiger partial charge in [0, 0.05) is 44.3 Å². The first-order valence-corrected chi connectivity index (χ1v) is 7.21. The minimum Gasteiger partial charge on any atom is -0.495 e. The molecule has 3 N–H and O–H groups in total. The van der Waals surface area contributed by atoms with Crippen LogP contribution in [-0.2, 0) is 0 Å². The monoisotopic (exact) mass is 299 g/mol. The molecule has 1 aromatic rings. The van der Waals surface area contributed by atoms with E-state index in [2.05, 4.69) is 9.80 Å². The van der Waals surface area contributed by atoms with E-state index in [9.17, 15) is 5.11 Å². The highest BCUT2D eigenvalue weighted by Gasteiger charge is 2.21. The standard InChI is InChI=1S/C14H22ClN3O2/c1-20-14-3-2-11(15)8-13(14)18-6-4-17(5-7-18)10-12(19)9-16/h2-3,8,12,19H,4-7,9-10,16H2,1H3. The van der Waals surface area contributed by atoms with Crippen LogP contribution >= 0.6 is 11.6 Å². The molecule has 0 aromatic heterocycles. The molecule has 2 rings (SSSR count). The Hall–Kier alpha value is -1.01. The Morgan fingerprint density at radius 1 is 1.35 bits per heavy atom. The molecule has 1 aromatic carbocycles. The summed E-state index contributed by atoms with van der Waals surface area (Å²) in [4.78, 5) is 4.49. The van der Waals surface area contributed by atoms with E-state index in [0.717, 1.165) is 37.6 Å². The molecule has 0 spiro atoms. The molecule has 1 unspecified atom stereocenters. The second-order valence-corrected chi connectivity index (χ2v) is 5.43. The fraction of sp³-hybridized carbons (Fsp3) is 0.571. The first-order valence-electron chi connectivity index (χ1n) is 6.83. The second kappa shape index (κ2) is 7.13. The number of β-amino-alcohol motifs (C(OH)–C–C–N with tert-alkyl or cyclic N) is 1. The van der Waals surface area contributed by atoms with Crippen LogP contribution < -0.4 is 15.4 Å². The quantitative estimate of drug-likeness (QED) is 0.842. The third-order valence-electron chi connectivity index (χ3n) is 3.59. The van der Waals surface area contributed by atoms with Crippen LogP contribution in [0.5, 0.6) is 5.75 Å². The average Bonchev–Trinajstić information content (AvgIpc) is 2.48. The van der Waals surface area contributed by atoms with Gasteiger partial charge < -0.3 is 20.5 Å². The van der Waals surface area contributed by atoms with Crippen molar-refractivity contribution >= 4 is 17.3 Å². The molecule has 1 aliphatic heterocycles. The van der Waals surface area contributed by atoms with Crippen LogP contribution in [-0.4, -0.2) is 62.5 Å². The van der Waals surface area contributed by atoms with E-state index in [1.807, 2.05) is 18.2 Å². The van der Waals surface area contributed by atoms with E-state index >= 15 is 0 Å². The van der Waals surface area contributed by atoms with E-state index in [4.69, 9.17) is 22.1 Å². The Morgan fingerprint density at radius 2 is 2.05 bits per heavy atom. The van der Waals surface area contributed by atoms with Crippen LogP contribution in [0.25, 0.3) is 0 Å². The summed E-state index contributed by atoms with van der Waals surface area (Å²) < 4.78 is 5.39. The largest absolute Gasteiger partial charge is 0.495 e. The van der Waals surface area contributed by atoms with Crippen LogP contribution in [0.1, 0.15) is 0 Å². The number of aliphatic hydroxyl groups is 1. The van der Waals surface area contributed by atoms with Crippen molar-refractivity contribution in [3.05, 3.63) is 23.2 Å². The lowest BCUT2D eigenvalue weighted by molar-refractivity contribution is 0.115. The van der Waals surface area contributed by atoms with Crippen LogP contribution in [0.15, 0.2) is 18.2 Å². The number of anilines is 1. The predicted octanol–water partition coefficient (Wildman–Crippen LogP) is 0.790. The van der Waals surface area contributed by atoms with E-state index in [0.29, 0.717) is 18.1 Å². The Balaban J connectivity index is 1.98. The lowest BCUT2D eigenvalue weighted by atomic mass is 10.2. The molecule has 1 heterocycles. The van der Waals surface area contributed by atoms with Gasteiger partial charge in [-0.2, -0.15) is 0 Å². The molecule has 0 radical (unpaired) electrons. The molecule has 0 aliphatic carbocycles. The lowest BCUT2D eigenvalue weighted by Gasteiger charge is -2.37. The Labute approximate surface area is 124 Å². The maximum absolute atomic E-state index is 9.59. The minimum atomic E-state index is -0.442. The van der Waals surface area contributed by atoms with Crippen molar-refractivity contribution in [2.24, 2.45) is 5.73 Å². The molecule has 5 nitrogen and oxygen atoms in total. The van der Waals surface area contributed by atoms with Crippen molar-refractivity contribution in [2.75, 3.05) is 51.3 Å². The number of nitrogens with zero attached hydrogens (tertiary/aromatic N) is 2. The fourth-order valence-electron chi connectivity index (χ4n) is 2.45. The Bertz CT molecular complexity index is 436. The van der Waals surface area contributed by atoms with Gasteiger partial charge in [-0.15, -0.1) is 0 Å². The van der Waals surface area contributed by atoms with Crippen molar-refractivity contribution in [1.82, 2.24) is 4.90 Å². The highest BCUT2D eigenvalue weighted by molar-refractivity contribution is 6.30. The zero-order valence-corrected chi connectivity index (χ0v) is 12.5. The molecular formula is C14H22ClN3O2. The zero-order valence-electron chi connectivity index (χ0n) is 11.8. The number of hydrogen-bond acceptors (Lipinski definition) is 5. The zero-order chi connectivity index (χ0) is 14.5. The summed E-state index contributed by atoms with van der Waals surface area (Å²) in [5.41, 5.74) is 6.47. The van der Waals surface area contributed by atoms with Crippen molar-refractivity contribution in [3.63, 3.8) is 0 Å². The van der Waals surface area contributed by atoms with Crippen LogP contribution in [0, 0.1) is 0 Å². The molecule has 6 heteroatoms. The SMILES string of the molecule is COc1ccc(Cl)cc1N1CCN(CC(O)CN)CC1. The van der Waals surface area contributed by atoms with Crippen LogP contribution in [0.2, 0.25) is 5.02 Å². The maximum atomic E-state index is 9.59. The molecule has 0 amide bonds. The molecular weight excluding hydrogens is 278 g/mol. The molecule has 0 bridgehead atoms. The summed E-state index contributed by atoms with van der Waals surface area (Å²) in [7, 11) is 1.67. The molecule has 112 valence electrons. The van der Waals surface area contributed by atoms with Gasteiger partial charge >= 0.3 is 0 Å². The molecule has 1 fully saturated rings. The normalized spacial score (nSPS) is 18.1. The van der Waals surface area contributed by atoms with Gasteiger partial charge in [-0.1, -0.05) is 11.6 Å². The number of benzene rings is 1. The number of halogens is 1. The summed E-state index contributed by atoms with van der Waals surface area (Å²) in [6.45, 7) is 4.50. The summed E-state index contributed by atoms with van der Waals surface area (Å²) in [6.07, 6.45) is -0.442. The van der Waals surface area contributed by atoms with Crippen molar-refractivity contribution < 1.29 is 9.84 Å². The fourth-order valence-corrected chi connectivity index (χ4v) is 2.62. The van der Waals surface area contributed by atoms with Gasteiger partial charge in [-0.05, 0) is 18.2 Å². The van der Waals surface area contributed by atoms with Crippen molar-refractivity contribution in [1.29, 1.82) is 0 Å². The van der Waals surface area contributed by atoms with Crippen molar-refractivity contribution in [3.8, 4) is 5.75 Å². The minimum absolute atomic E-state index is 0.308. The third-order valence-corrected chi connectivity index (χ3v) is 3.83. The van der Waals surface area contributed by atoms with E-state index < -0.39 is 6.10 Å². The number of ether oxygens (including phenoxy) is 1. The number of rotatable bonds is 5. The van der Waals surface area contributed by atoms with Gasteiger partial charge in [0.2, 0.25) is 0 Å². The number of methoxy groups -OCH3 is 1. The summed E-state index contributed by atoms with van der Waals surface area (Å²) in [5.74, 6) is 0.838. The maximum Gasteiger partial charge on any atom is 0.142 e. The van der Waals surface area contributed by atoms with Crippen molar-refractivity contribution in [2.45, 2.75) is 6.10 Å². The average molecular weight is 300 g/mol. The van der Waals surface area contributed by atoms with Gasteiger partial charge in [0.15, 0.2) is 0 Å². The molecule has 1 atom stereocenters. The second-order valence-electron chi connectivity index (χ2n) is 4.99. The molecule has 0 saturated carbocycles. The Morgan fingerprint density at radius 3 is 2.65 bits per heavy atom. The number of piperazine rings is 1. The summed E-state index contributed by atoms with van der Waals surface area (Å²) >= 11 is 6.07. The van der Waals surface area contributed by atoms with E-state index in [1.54, 1.807) is 7.11 Å².